The first-order chi connectivity index (χ1) is 14.1. The van der Waals surface area contributed by atoms with Gasteiger partial charge in [0.15, 0.2) is 0 Å². The molecule has 0 spiro atoms. The number of fused-ring (bicyclic) bond motifs is 1. The van der Waals surface area contributed by atoms with Gasteiger partial charge in [-0.1, -0.05) is 30.7 Å². The summed E-state index contributed by atoms with van der Waals surface area (Å²) >= 11 is 6.11. The highest BCUT2D eigenvalue weighted by molar-refractivity contribution is 6.32. The number of ether oxygens (including phenoxy) is 1. The van der Waals surface area contributed by atoms with Crippen LogP contribution >= 0.6 is 11.6 Å². The number of aromatic nitrogens is 3. The molecule has 0 aliphatic carbocycles. The van der Waals surface area contributed by atoms with Crippen LogP contribution in [0.2, 0.25) is 5.02 Å². The number of nitrogens with zero attached hydrogens (tertiary/aromatic N) is 3. The van der Waals surface area contributed by atoms with E-state index in [1.54, 1.807) is 35.1 Å². The van der Waals surface area contributed by atoms with Gasteiger partial charge in [0.2, 0.25) is 0 Å². The second kappa shape index (κ2) is 7.93. The van der Waals surface area contributed by atoms with Gasteiger partial charge in [0.25, 0.3) is 5.91 Å². The van der Waals surface area contributed by atoms with Crippen LogP contribution in [0.4, 0.5) is 5.69 Å². The van der Waals surface area contributed by atoms with Gasteiger partial charge in [-0.3, -0.25) is 4.79 Å². The van der Waals surface area contributed by atoms with Gasteiger partial charge >= 0.3 is 0 Å². The maximum Gasteiger partial charge on any atom is 0.255 e. The summed E-state index contributed by atoms with van der Waals surface area (Å²) < 4.78 is 5.12. The maximum atomic E-state index is 12.5. The fraction of sp³-hybridized carbons (Fsp3) is 0.136. The van der Waals surface area contributed by atoms with E-state index >= 15 is 0 Å². The summed E-state index contributed by atoms with van der Waals surface area (Å²) in [5, 5.41) is 12.3. The second-order valence-corrected chi connectivity index (χ2v) is 6.92. The molecule has 3 aromatic carbocycles. The predicted octanol–water partition coefficient (Wildman–Crippen LogP) is 4.90. The third kappa shape index (κ3) is 3.93. The maximum absolute atomic E-state index is 12.5. The molecule has 4 aromatic rings. The fourth-order valence-corrected chi connectivity index (χ4v) is 3.24. The molecule has 0 aliphatic rings. The lowest BCUT2D eigenvalue weighted by atomic mass is 10.2. The van der Waals surface area contributed by atoms with Crippen molar-refractivity contribution in [3.63, 3.8) is 0 Å². The fourth-order valence-electron chi connectivity index (χ4n) is 2.98. The Labute approximate surface area is 173 Å². The Hall–Kier alpha value is -3.38. The zero-order valence-electron chi connectivity index (χ0n) is 16.0. The summed E-state index contributed by atoms with van der Waals surface area (Å²) in [6.45, 7) is 2.12. The average Bonchev–Trinajstić information content (AvgIpc) is 3.17. The Balaban J connectivity index is 1.57. The molecule has 146 valence electrons. The van der Waals surface area contributed by atoms with Crippen molar-refractivity contribution in [1.82, 2.24) is 15.0 Å². The van der Waals surface area contributed by atoms with Crippen LogP contribution in [-0.2, 0) is 6.42 Å². The first kappa shape index (κ1) is 19.0. The van der Waals surface area contributed by atoms with Crippen molar-refractivity contribution >= 4 is 34.2 Å². The van der Waals surface area contributed by atoms with Gasteiger partial charge in [0.05, 0.1) is 17.8 Å². The predicted molar refractivity (Wildman–Crippen MR) is 114 cm³/mol. The number of halogens is 1. The molecule has 0 unspecified atom stereocenters. The Morgan fingerprint density at radius 1 is 1.03 bits per heavy atom. The van der Waals surface area contributed by atoms with Crippen LogP contribution in [0.25, 0.3) is 16.7 Å². The number of rotatable bonds is 5. The number of anilines is 1. The summed E-state index contributed by atoms with van der Waals surface area (Å²) in [5.41, 5.74) is 4.65. The molecule has 4 rings (SSSR count). The smallest absolute Gasteiger partial charge is 0.255 e. The number of hydrogen-bond donors (Lipinski definition) is 1. The number of methoxy groups -OCH3 is 1. The number of benzene rings is 3. The molecular formula is C22H19ClN4O2. The van der Waals surface area contributed by atoms with Gasteiger partial charge in [0.1, 0.15) is 16.8 Å². The van der Waals surface area contributed by atoms with Crippen LogP contribution in [0.5, 0.6) is 5.75 Å². The van der Waals surface area contributed by atoms with Crippen LogP contribution in [-0.4, -0.2) is 28.0 Å². The van der Waals surface area contributed by atoms with Gasteiger partial charge in [-0.25, -0.2) is 0 Å². The monoisotopic (exact) mass is 406 g/mol. The molecule has 1 N–H and O–H groups in total. The number of aryl methyl sites for hydroxylation is 1. The lowest BCUT2D eigenvalue weighted by molar-refractivity contribution is 0.102. The van der Waals surface area contributed by atoms with E-state index in [-0.39, 0.29) is 5.91 Å². The summed E-state index contributed by atoms with van der Waals surface area (Å²) in [7, 11) is 1.53. The van der Waals surface area contributed by atoms with Crippen molar-refractivity contribution in [2.24, 2.45) is 0 Å². The molecule has 0 saturated carbocycles. The minimum Gasteiger partial charge on any atom is -0.495 e. The minimum atomic E-state index is -0.267. The molecule has 0 atom stereocenters. The number of amides is 1. The zero-order valence-corrected chi connectivity index (χ0v) is 16.8. The van der Waals surface area contributed by atoms with E-state index in [9.17, 15) is 4.79 Å². The number of carbonyl (C=O) groups is 1. The molecule has 29 heavy (non-hydrogen) atoms. The van der Waals surface area contributed by atoms with Crippen LogP contribution < -0.4 is 10.1 Å². The normalized spacial score (nSPS) is 10.9. The summed E-state index contributed by atoms with van der Waals surface area (Å²) in [6, 6.07) is 18.4. The highest BCUT2D eigenvalue weighted by Crippen LogP contribution is 2.25. The van der Waals surface area contributed by atoms with E-state index in [4.69, 9.17) is 16.3 Å². The molecule has 6 nitrogen and oxygen atoms in total. The van der Waals surface area contributed by atoms with Gasteiger partial charge in [-0.05, 0) is 60.5 Å². The summed E-state index contributed by atoms with van der Waals surface area (Å²) in [4.78, 5) is 14.1. The molecule has 1 amide bonds. The number of carbonyl (C=O) groups excluding carboxylic acids is 1. The standard InChI is InChI=1S/C22H19ClN4O2/c1-3-14-4-8-17(9-5-14)27-25-19-10-7-16(13-20(19)26-27)24-22(28)15-6-11-21(29-2)18(23)12-15/h4-13H,3H2,1-2H3,(H,24,28). The van der Waals surface area contributed by atoms with Gasteiger partial charge < -0.3 is 10.1 Å². The Bertz CT molecular complexity index is 1190. The molecule has 0 bridgehead atoms. The Morgan fingerprint density at radius 3 is 2.48 bits per heavy atom. The SMILES string of the molecule is CCc1ccc(-n2nc3ccc(NC(=O)c4ccc(OC)c(Cl)c4)cc3n2)cc1. The number of hydrogen-bond acceptors (Lipinski definition) is 4. The molecular weight excluding hydrogens is 388 g/mol. The van der Waals surface area contributed by atoms with E-state index in [0.717, 1.165) is 17.6 Å². The van der Waals surface area contributed by atoms with Crippen LogP contribution in [0.3, 0.4) is 0 Å². The number of nitrogens with one attached hydrogen (secondary N) is 1. The molecule has 0 fully saturated rings. The largest absolute Gasteiger partial charge is 0.495 e. The van der Waals surface area contributed by atoms with Gasteiger partial charge in [-0.15, -0.1) is 10.2 Å². The third-order valence-corrected chi connectivity index (χ3v) is 4.92. The van der Waals surface area contributed by atoms with Crippen molar-refractivity contribution in [2.75, 3.05) is 12.4 Å². The first-order valence-electron chi connectivity index (χ1n) is 9.18. The lowest BCUT2D eigenvalue weighted by Gasteiger charge is -2.07. The average molecular weight is 407 g/mol. The zero-order chi connectivity index (χ0) is 20.4. The van der Waals surface area contributed by atoms with Gasteiger partial charge in [0, 0.05) is 11.3 Å². The highest BCUT2D eigenvalue weighted by Gasteiger charge is 2.11. The van der Waals surface area contributed by atoms with E-state index < -0.39 is 0 Å². The summed E-state index contributed by atoms with van der Waals surface area (Å²) in [6.07, 6.45) is 0.983. The van der Waals surface area contributed by atoms with E-state index in [2.05, 4.69) is 34.6 Å². The Kier molecular flexibility index (Phi) is 5.18. The first-order valence-corrected chi connectivity index (χ1v) is 9.56. The summed E-state index contributed by atoms with van der Waals surface area (Å²) in [5.74, 6) is 0.254. The van der Waals surface area contributed by atoms with Crippen molar-refractivity contribution in [3.8, 4) is 11.4 Å². The molecule has 1 aromatic heterocycles. The molecule has 1 heterocycles. The minimum absolute atomic E-state index is 0.267. The molecule has 0 aliphatic heterocycles. The van der Waals surface area contributed by atoms with E-state index in [1.807, 2.05) is 18.2 Å². The topological polar surface area (TPSA) is 69.0 Å². The van der Waals surface area contributed by atoms with E-state index in [1.165, 1.54) is 12.7 Å². The van der Waals surface area contributed by atoms with Crippen molar-refractivity contribution in [3.05, 3.63) is 76.8 Å². The van der Waals surface area contributed by atoms with Crippen molar-refractivity contribution in [1.29, 1.82) is 0 Å². The third-order valence-electron chi connectivity index (χ3n) is 4.63. The van der Waals surface area contributed by atoms with Crippen LogP contribution in [0.1, 0.15) is 22.8 Å². The Morgan fingerprint density at radius 2 is 1.79 bits per heavy atom. The van der Waals surface area contributed by atoms with Crippen LogP contribution in [0, 0.1) is 0 Å². The quantitative estimate of drug-likeness (QED) is 0.512. The molecule has 7 heteroatoms. The van der Waals surface area contributed by atoms with E-state index in [0.29, 0.717) is 27.5 Å². The van der Waals surface area contributed by atoms with Gasteiger partial charge in [-0.2, -0.15) is 4.80 Å². The molecule has 0 radical (unpaired) electrons. The highest BCUT2D eigenvalue weighted by atomic mass is 35.5. The lowest BCUT2D eigenvalue weighted by Crippen LogP contribution is -2.11. The van der Waals surface area contributed by atoms with Crippen molar-refractivity contribution in [2.45, 2.75) is 13.3 Å². The van der Waals surface area contributed by atoms with Crippen molar-refractivity contribution < 1.29 is 9.53 Å². The second-order valence-electron chi connectivity index (χ2n) is 6.52. The van der Waals surface area contributed by atoms with Crippen LogP contribution in [0.15, 0.2) is 60.7 Å². The molecule has 0 saturated heterocycles.